The maximum atomic E-state index is 12.5. The average molecular weight is 427 g/mol. The van der Waals surface area contributed by atoms with Crippen molar-refractivity contribution in [1.82, 2.24) is 10.2 Å². The van der Waals surface area contributed by atoms with Crippen molar-refractivity contribution in [3.05, 3.63) is 18.2 Å². The summed E-state index contributed by atoms with van der Waals surface area (Å²) in [6.07, 6.45) is 0.901. The van der Waals surface area contributed by atoms with Crippen LogP contribution in [0.25, 0.3) is 0 Å². The van der Waals surface area contributed by atoms with Crippen molar-refractivity contribution in [2.45, 2.75) is 29.9 Å². The fourth-order valence-corrected chi connectivity index (χ4v) is 4.09. The zero-order chi connectivity index (χ0) is 20.4. The van der Waals surface area contributed by atoms with Crippen LogP contribution in [0.1, 0.15) is 20.3 Å². The molecule has 2 rings (SSSR count). The van der Waals surface area contributed by atoms with E-state index in [0.717, 1.165) is 35.7 Å². The van der Waals surface area contributed by atoms with Crippen molar-refractivity contribution in [2.75, 3.05) is 44.6 Å². The molecule has 1 aromatic heterocycles. The van der Waals surface area contributed by atoms with Gasteiger partial charge in [-0.2, -0.15) is 0 Å². The zero-order valence-electron chi connectivity index (χ0n) is 16.5. The van der Waals surface area contributed by atoms with Gasteiger partial charge in [0.15, 0.2) is 4.34 Å². The predicted molar refractivity (Wildman–Crippen MR) is 113 cm³/mol. The molecule has 0 bridgehead atoms. The summed E-state index contributed by atoms with van der Waals surface area (Å²) in [5.74, 6) is 1.08. The SMILES string of the molecule is CCOCCCNc1nnc(SC(C)C(=O)Nc2cc(OC)cc(OC)c2)s1. The minimum absolute atomic E-state index is 0.137. The van der Waals surface area contributed by atoms with E-state index in [9.17, 15) is 4.79 Å². The first kappa shape index (κ1) is 22.3. The van der Waals surface area contributed by atoms with Crippen LogP contribution < -0.4 is 20.1 Å². The number of carbonyl (C=O) groups excluding carboxylic acids is 1. The Labute approximate surface area is 173 Å². The van der Waals surface area contributed by atoms with E-state index in [2.05, 4.69) is 20.8 Å². The third-order valence-electron chi connectivity index (χ3n) is 3.62. The van der Waals surface area contributed by atoms with Gasteiger partial charge in [0.25, 0.3) is 0 Å². The maximum Gasteiger partial charge on any atom is 0.237 e. The highest BCUT2D eigenvalue weighted by atomic mass is 32.2. The summed E-state index contributed by atoms with van der Waals surface area (Å²) in [4.78, 5) is 12.5. The van der Waals surface area contributed by atoms with Gasteiger partial charge in [0, 0.05) is 43.6 Å². The normalized spacial score (nSPS) is 11.7. The number of nitrogens with zero attached hydrogens (tertiary/aromatic N) is 2. The van der Waals surface area contributed by atoms with Gasteiger partial charge >= 0.3 is 0 Å². The molecule has 1 aromatic carbocycles. The number of rotatable bonds is 12. The van der Waals surface area contributed by atoms with Crippen LogP contribution in [0.2, 0.25) is 0 Å². The number of ether oxygens (including phenoxy) is 3. The van der Waals surface area contributed by atoms with Crippen LogP contribution in [0.4, 0.5) is 10.8 Å². The first-order valence-corrected chi connectivity index (χ1v) is 10.6. The number of benzene rings is 1. The largest absolute Gasteiger partial charge is 0.497 e. The second-order valence-electron chi connectivity index (χ2n) is 5.70. The summed E-state index contributed by atoms with van der Waals surface area (Å²) in [5.41, 5.74) is 0.613. The van der Waals surface area contributed by atoms with Gasteiger partial charge in [-0.15, -0.1) is 10.2 Å². The molecular formula is C18H26N4O4S2. The molecule has 1 heterocycles. The summed E-state index contributed by atoms with van der Waals surface area (Å²) in [6, 6.07) is 5.23. The number of thioether (sulfide) groups is 1. The minimum Gasteiger partial charge on any atom is -0.497 e. The fraction of sp³-hybridized carbons (Fsp3) is 0.500. The Morgan fingerprint density at radius 1 is 1.21 bits per heavy atom. The summed E-state index contributed by atoms with van der Waals surface area (Å²) in [5, 5.41) is 14.7. The van der Waals surface area contributed by atoms with E-state index < -0.39 is 0 Å². The van der Waals surface area contributed by atoms with E-state index in [-0.39, 0.29) is 11.2 Å². The number of carbonyl (C=O) groups is 1. The lowest BCUT2D eigenvalue weighted by atomic mass is 10.2. The van der Waals surface area contributed by atoms with Gasteiger partial charge in [0.1, 0.15) is 11.5 Å². The molecule has 1 amide bonds. The van der Waals surface area contributed by atoms with Crippen LogP contribution in [0.15, 0.2) is 22.5 Å². The maximum absolute atomic E-state index is 12.5. The van der Waals surface area contributed by atoms with Crippen LogP contribution in [-0.4, -0.2) is 55.3 Å². The Bertz CT molecular complexity index is 735. The second kappa shape index (κ2) is 11.7. The number of nitrogens with one attached hydrogen (secondary N) is 2. The summed E-state index contributed by atoms with van der Waals surface area (Å²) in [7, 11) is 3.13. The molecule has 1 unspecified atom stereocenters. The minimum atomic E-state index is -0.337. The number of hydrogen-bond acceptors (Lipinski definition) is 9. The van der Waals surface area contributed by atoms with Crippen molar-refractivity contribution < 1.29 is 19.0 Å². The molecule has 154 valence electrons. The lowest BCUT2D eigenvalue weighted by Crippen LogP contribution is -2.22. The predicted octanol–water partition coefficient (Wildman–Crippen LogP) is 3.51. The molecule has 1 atom stereocenters. The van der Waals surface area contributed by atoms with Crippen molar-refractivity contribution in [3.8, 4) is 11.5 Å². The van der Waals surface area contributed by atoms with E-state index in [4.69, 9.17) is 14.2 Å². The Hall–Kier alpha value is -2.04. The Balaban J connectivity index is 1.85. The van der Waals surface area contributed by atoms with Gasteiger partial charge in [-0.3, -0.25) is 4.79 Å². The monoisotopic (exact) mass is 426 g/mol. The third kappa shape index (κ3) is 7.17. The molecule has 2 N–H and O–H groups in total. The molecule has 2 aromatic rings. The molecule has 0 aliphatic rings. The van der Waals surface area contributed by atoms with Gasteiger partial charge < -0.3 is 24.8 Å². The zero-order valence-corrected chi connectivity index (χ0v) is 18.1. The van der Waals surface area contributed by atoms with Crippen LogP contribution in [0.3, 0.4) is 0 Å². The second-order valence-corrected chi connectivity index (χ2v) is 8.27. The van der Waals surface area contributed by atoms with Crippen LogP contribution >= 0.6 is 23.1 Å². The van der Waals surface area contributed by atoms with E-state index in [1.807, 2.05) is 13.8 Å². The number of amides is 1. The molecule has 0 radical (unpaired) electrons. The molecule has 10 heteroatoms. The molecule has 0 fully saturated rings. The number of methoxy groups -OCH3 is 2. The highest BCUT2D eigenvalue weighted by Gasteiger charge is 2.18. The van der Waals surface area contributed by atoms with E-state index >= 15 is 0 Å². The van der Waals surface area contributed by atoms with E-state index in [1.165, 1.54) is 23.1 Å². The van der Waals surface area contributed by atoms with Crippen LogP contribution in [0, 0.1) is 0 Å². The Morgan fingerprint density at radius 3 is 2.57 bits per heavy atom. The lowest BCUT2D eigenvalue weighted by molar-refractivity contribution is -0.115. The average Bonchev–Trinajstić information content (AvgIpc) is 3.14. The smallest absolute Gasteiger partial charge is 0.237 e. The van der Waals surface area contributed by atoms with Gasteiger partial charge in [0.05, 0.1) is 19.5 Å². The topological polar surface area (TPSA) is 94.6 Å². The van der Waals surface area contributed by atoms with Crippen molar-refractivity contribution >= 4 is 39.8 Å². The van der Waals surface area contributed by atoms with Gasteiger partial charge in [-0.1, -0.05) is 23.1 Å². The fourth-order valence-electron chi connectivity index (χ4n) is 2.17. The van der Waals surface area contributed by atoms with Crippen molar-refractivity contribution in [2.24, 2.45) is 0 Å². The van der Waals surface area contributed by atoms with E-state index in [0.29, 0.717) is 17.2 Å². The quantitative estimate of drug-likeness (QED) is 0.393. The first-order valence-electron chi connectivity index (χ1n) is 8.91. The number of aromatic nitrogens is 2. The van der Waals surface area contributed by atoms with E-state index in [1.54, 1.807) is 32.4 Å². The third-order valence-corrected chi connectivity index (χ3v) is 5.68. The lowest BCUT2D eigenvalue weighted by Gasteiger charge is -2.12. The Kier molecular flexibility index (Phi) is 9.32. The molecular weight excluding hydrogens is 400 g/mol. The van der Waals surface area contributed by atoms with Gasteiger partial charge in [-0.25, -0.2) is 0 Å². The van der Waals surface area contributed by atoms with Crippen LogP contribution in [0.5, 0.6) is 11.5 Å². The molecule has 0 aliphatic heterocycles. The highest BCUT2D eigenvalue weighted by Crippen LogP contribution is 2.30. The molecule has 0 saturated heterocycles. The molecule has 28 heavy (non-hydrogen) atoms. The standard InChI is InChI=1S/C18H26N4O4S2/c1-5-26-8-6-7-19-17-21-22-18(28-17)27-12(2)16(23)20-13-9-14(24-3)11-15(10-13)25-4/h9-12H,5-8H2,1-4H3,(H,19,21)(H,20,23). The highest BCUT2D eigenvalue weighted by molar-refractivity contribution is 8.02. The Morgan fingerprint density at radius 2 is 1.93 bits per heavy atom. The molecule has 8 nitrogen and oxygen atoms in total. The first-order chi connectivity index (χ1) is 13.5. The summed E-state index contributed by atoms with van der Waals surface area (Å²) in [6.45, 7) is 6.02. The molecule has 0 spiro atoms. The molecule has 0 aliphatic carbocycles. The number of hydrogen-bond donors (Lipinski definition) is 2. The van der Waals surface area contributed by atoms with Gasteiger partial charge in [-0.05, 0) is 20.3 Å². The number of anilines is 2. The van der Waals surface area contributed by atoms with Crippen molar-refractivity contribution in [3.63, 3.8) is 0 Å². The summed E-state index contributed by atoms with van der Waals surface area (Å²) >= 11 is 2.79. The van der Waals surface area contributed by atoms with Gasteiger partial charge in [0.2, 0.25) is 11.0 Å². The van der Waals surface area contributed by atoms with Crippen LogP contribution in [-0.2, 0) is 9.53 Å². The summed E-state index contributed by atoms with van der Waals surface area (Å²) < 4.78 is 16.5. The van der Waals surface area contributed by atoms with Crippen molar-refractivity contribution in [1.29, 1.82) is 0 Å². The molecule has 0 saturated carbocycles.